The molecular weight excluding hydrogens is 398 g/mol. The number of carbonyl (C=O) groups excluding carboxylic acids is 1. The molecule has 2 aromatic carbocycles. The molecule has 4 rings (SSSR count). The molecule has 9 nitrogen and oxygen atoms in total. The molecule has 0 radical (unpaired) electrons. The van der Waals surface area contributed by atoms with Crippen LogP contribution in [0.2, 0.25) is 0 Å². The van der Waals surface area contributed by atoms with Gasteiger partial charge in [0.15, 0.2) is 5.82 Å². The zero-order valence-corrected chi connectivity index (χ0v) is 17.1. The molecule has 1 saturated heterocycles. The zero-order valence-electron chi connectivity index (χ0n) is 17.1. The third-order valence-corrected chi connectivity index (χ3v) is 5.35. The van der Waals surface area contributed by atoms with E-state index in [1.165, 1.54) is 12.1 Å². The highest BCUT2D eigenvalue weighted by atomic mass is 16.6. The van der Waals surface area contributed by atoms with Crippen molar-refractivity contribution < 1.29 is 14.2 Å². The number of carbonyl (C=O) groups is 1. The van der Waals surface area contributed by atoms with Crippen LogP contribution < -0.4 is 10.2 Å². The van der Waals surface area contributed by atoms with Gasteiger partial charge in [-0.15, -0.1) is 0 Å². The van der Waals surface area contributed by atoms with Crippen LogP contribution in [-0.2, 0) is 4.79 Å². The van der Waals surface area contributed by atoms with Crippen molar-refractivity contribution in [3.05, 3.63) is 82.1 Å². The van der Waals surface area contributed by atoms with E-state index in [4.69, 9.17) is 4.52 Å². The molecule has 31 heavy (non-hydrogen) atoms. The number of aromatic nitrogens is 1. The molecule has 1 atom stereocenters. The number of hydrogen-bond donors (Lipinski definition) is 1. The van der Waals surface area contributed by atoms with Gasteiger partial charge in [0.2, 0.25) is 5.91 Å². The van der Waals surface area contributed by atoms with Crippen molar-refractivity contribution in [1.82, 2.24) is 10.1 Å². The van der Waals surface area contributed by atoms with Crippen molar-refractivity contribution in [1.29, 1.82) is 0 Å². The normalized spacial score (nSPS) is 15.5. The summed E-state index contributed by atoms with van der Waals surface area (Å²) in [5, 5.41) is 17.6. The summed E-state index contributed by atoms with van der Waals surface area (Å²) < 4.78 is 5.06. The van der Waals surface area contributed by atoms with Crippen molar-refractivity contribution in [3.8, 4) is 0 Å². The van der Waals surface area contributed by atoms with Crippen molar-refractivity contribution in [2.24, 2.45) is 0 Å². The Bertz CT molecular complexity index is 1040. The lowest BCUT2D eigenvalue weighted by Gasteiger charge is -2.39. The number of aryl methyl sites for hydroxylation is 1. The summed E-state index contributed by atoms with van der Waals surface area (Å²) in [6, 6.07) is 17.4. The number of nitrogens with one attached hydrogen (secondary N) is 1. The fourth-order valence-corrected chi connectivity index (χ4v) is 3.81. The first-order chi connectivity index (χ1) is 15.0. The van der Waals surface area contributed by atoms with Crippen LogP contribution in [0.15, 0.2) is 65.2 Å². The Morgan fingerprint density at radius 2 is 1.77 bits per heavy atom. The number of benzene rings is 2. The van der Waals surface area contributed by atoms with Gasteiger partial charge in [-0.25, -0.2) is 0 Å². The van der Waals surface area contributed by atoms with Crippen molar-refractivity contribution >= 4 is 23.1 Å². The van der Waals surface area contributed by atoms with Gasteiger partial charge in [-0.1, -0.05) is 35.5 Å². The number of nitro groups is 1. The highest BCUT2D eigenvalue weighted by Gasteiger charge is 2.31. The van der Waals surface area contributed by atoms with E-state index in [9.17, 15) is 14.9 Å². The average molecular weight is 421 g/mol. The molecule has 160 valence electrons. The quantitative estimate of drug-likeness (QED) is 0.480. The third-order valence-electron chi connectivity index (χ3n) is 5.35. The Kier molecular flexibility index (Phi) is 5.94. The second-order valence-corrected chi connectivity index (χ2v) is 7.42. The summed E-state index contributed by atoms with van der Waals surface area (Å²) >= 11 is 0. The SMILES string of the molecule is Cc1cc(NC(=O)C(c2ccccc2)N2CCN(c3ccc([N+](=O)[O-])cc3)CC2)no1. The number of nitro benzene ring substituents is 1. The molecule has 9 heteroatoms. The summed E-state index contributed by atoms with van der Waals surface area (Å²) in [5.41, 5.74) is 1.92. The summed E-state index contributed by atoms with van der Waals surface area (Å²) in [6.07, 6.45) is 0. The molecule has 0 spiro atoms. The van der Waals surface area contributed by atoms with E-state index in [-0.39, 0.29) is 11.6 Å². The van der Waals surface area contributed by atoms with E-state index < -0.39 is 11.0 Å². The van der Waals surface area contributed by atoms with E-state index in [1.807, 2.05) is 30.3 Å². The number of nitrogens with zero attached hydrogens (tertiary/aromatic N) is 4. The van der Waals surface area contributed by atoms with Gasteiger partial charge in [0, 0.05) is 50.1 Å². The fourth-order valence-electron chi connectivity index (χ4n) is 3.81. The van der Waals surface area contributed by atoms with Gasteiger partial charge in [-0.3, -0.25) is 19.8 Å². The maximum absolute atomic E-state index is 13.2. The van der Waals surface area contributed by atoms with Gasteiger partial charge < -0.3 is 14.7 Å². The van der Waals surface area contributed by atoms with E-state index in [1.54, 1.807) is 25.1 Å². The van der Waals surface area contributed by atoms with Crippen LogP contribution in [0.25, 0.3) is 0 Å². The predicted molar refractivity (Wildman–Crippen MR) is 116 cm³/mol. The van der Waals surface area contributed by atoms with Crippen LogP contribution in [0.1, 0.15) is 17.4 Å². The molecule has 1 unspecified atom stereocenters. The molecule has 0 saturated carbocycles. The van der Waals surface area contributed by atoms with Crippen LogP contribution in [0.5, 0.6) is 0 Å². The first-order valence-corrected chi connectivity index (χ1v) is 10.0. The minimum Gasteiger partial charge on any atom is -0.369 e. The number of non-ortho nitro benzene ring substituents is 1. The molecule has 1 N–H and O–H groups in total. The molecule has 1 aromatic heterocycles. The van der Waals surface area contributed by atoms with E-state index in [0.717, 1.165) is 11.3 Å². The molecule has 3 aromatic rings. The Morgan fingerprint density at radius 1 is 1.10 bits per heavy atom. The van der Waals surface area contributed by atoms with Gasteiger partial charge in [0.1, 0.15) is 11.8 Å². The second kappa shape index (κ2) is 8.97. The maximum Gasteiger partial charge on any atom is 0.269 e. The highest BCUT2D eigenvalue weighted by molar-refractivity contribution is 5.94. The summed E-state index contributed by atoms with van der Waals surface area (Å²) in [6.45, 7) is 4.52. The molecule has 2 heterocycles. The Hall–Kier alpha value is -3.72. The smallest absolute Gasteiger partial charge is 0.269 e. The fraction of sp³-hybridized carbons (Fsp3) is 0.273. The van der Waals surface area contributed by atoms with Crippen LogP contribution >= 0.6 is 0 Å². The Balaban J connectivity index is 1.48. The minimum atomic E-state index is -0.461. The number of piperazine rings is 1. The number of hydrogen-bond acceptors (Lipinski definition) is 7. The summed E-state index contributed by atoms with van der Waals surface area (Å²) in [7, 11) is 0. The largest absolute Gasteiger partial charge is 0.369 e. The van der Waals surface area contributed by atoms with Gasteiger partial charge in [-0.05, 0) is 24.6 Å². The summed E-state index contributed by atoms with van der Waals surface area (Å²) in [5.74, 6) is 0.861. The zero-order chi connectivity index (χ0) is 21.8. The van der Waals surface area contributed by atoms with E-state index in [0.29, 0.717) is 37.8 Å². The van der Waals surface area contributed by atoms with Crippen molar-refractivity contribution in [2.75, 3.05) is 36.4 Å². The molecule has 0 aliphatic carbocycles. The van der Waals surface area contributed by atoms with Crippen molar-refractivity contribution in [2.45, 2.75) is 13.0 Å². The van der Waals surface area contributed by atoms with Crippen molar-refractivity contribution in [3.63, 3.8) is 0 Å². The molecule has 1 amide bonds. The topological polar surface area (TPSA) is 105 Å². The number of anilines is 2. The molecular formula is C22H23N5O4. The van der Waals surface area contributed by atoms with Gasteiger partial charge in [0.05, 0.1) is 4.92 Å². The Labute approximate surface area is 179 Å². The van der Waals surface area contributed by atoms with Gasteiger partial charge in [-0.2, -0.15) is 0 Å². The second-order valence-electron chi connectivity index (χ2n) is 7.42. The van der Waals surface area contributed by atoms with Crippen LogP contribution in [0.3, 0.4) is 0 Å². The van der Waals surface area contributed by atoms with Gasteiger partial charge >= 0.3 is 0 Å². The summed E-state index contributed by atoms with van der Waals surface area (Å²) in [4.78, 5) is 27.9. The van der Waals surface area contributed by atoms with E-state index in [2.05, 4.69) is 20.3 Å². The lowest BCUT2D eigenvalue weighted by Crippen LogP contribution is -2.50. The molecule has 0 bridgehead atoms. The monoisotopic (exact) mass is 421 g/mol. The van der Waals surface area contributed by atoms with E-state index >= 15 is 0 Å². The first-order valence-electron chi connectivity index (χ1n) is 10.0. The standard InChI is InChI=1S/C22H23N5O4/c1-16-15-20(24-31-16)23-22(28)21(17-5-3-2-4-6-17)26-13-11-25(12-14-26)18-7-9-19(10-8-18)27(29)30/h2-10,15,21H,11-14H2,1H3,(H,23,24,28). The highest BCUT2D eigenvalue weighted by Crippen LogP contribution is 2.26. The molecule has 1 aliphatic heterocycles. The maximum atomic E-state index is 13.2. The third kappa shape index (κ3) is 4.72. The molecule has 1 fully saturated rings. The van der Waals surface area contributed by atoms with Crippen LogP contribution in [-0.4, -0.2) is 47.1 Å². The minimum absolute atomic E-state index is 0.0753. The number of amides is 1. The lowest BCUT2D eigenvalue weighted by molar-refractivity contribution is -0.384. The average Bonchev–Trinajstić information content (AvgIpc) is 3.19. The molecule has 1 aliphatic rings. The first kappa shape index (κ1) is 20.5. The number of rotatable bonds is 6. The van der Waals surface area contributed by atoms with Crippen LogP contribution in [0.4, 0.5) is 17.2 Å². The van der Waals surface area contributed by atoms with Gasteiger partial charge in [0.25, 0.3) is 5.69 Å². The Morgan fingerprint density at radius 3 is 2.35 bits per heavy atom. The lowest BCUT2D eigenvalue weighted by atomic mass is 10.0. The van der Waals surface area contributed by atoms with Crippen LogP contribution in [0, 0.1) is 17.0 Å². The predicted octanol–water partition coefficient (Wildman–Crippen LogP) is 3.39.